The lowest BCUT2D eigenvalue weighted by Crippen LogP contribution is -1.94. The van der Waals surface area contributed by atoms with Gasteiger partial charge in [-0.25, -0.2) is 0 Å². The van der Waals surface area contributed by atoms with E-state index >= 15 is 0 Å². The summed E-state index contributed by atoms with van der Waals surface area (Å²) in [6.45, 7) is 1.48. The molecule has 0 amide bonds. The summed E-state index contributed by atoms with van der Waals surface area (Å²) in [6.07, 6.45) is 6.14. The van der Waals surface area contributed by atoms with E-state index in [1.165, 1.54) is 6.92 Å². The van der Waals surface area contributed by atoms with Crippen molar-refractivity contribution >= 4 is 23.7 Å². The van der Waals surface area contributed by atoms with E-state index in [9.17, 15) is 9.59 Å². The number of hydrogen-bond donors (Lipinski definition) is 0. The van der Waals surface area contributed by atoms with Gasteiger partial charge in [-0.05, 0) is 19.4 Å². The van der Waals surface area contributed by atoms with Crippen molar-refractivity contribution in [2.75, 3.05) is 0 Å². The van der Waals surface area contributed by atoms with Crippen LogP contribution in [-0.4, -0.2) is 12.1 Å². The van der Waals surface area contributed by atoms with Crippen LogP contribution in [0, 0.1) is 0 Å². The van der Waals surface area contributed by atoms with Gasteiger partial charge in [0.1, 0.15) is 0 Å². The fourth-order valence-electron chi connectivity index (χ4n) is 1.03. The number of Topliss-reactive ketones (excluding diaryl/α,β-unsaturated/α-hetero) is 1. The molecular formula is C10H9ClO2. The van der Waals surface area contributed by atoms with E-state index in [1.807, 2.05) is 0 Å². The molecule has 0 aromatic heterocycles. The van der Waals surface area contributed by atoms with Crippen LogP contribution in [0.25, 0.3) is 0 Å². The first-order chi connectivity index (χ1) is 6.15. The molecule has 0 radical (unpaired) electrons. The molecule has 0 spiro atoms. The Kier molecular flexibility index (Phi) is 3.20. The summed E-state index contributed by atoms with van der Waals surface area (Å²) in [4.78, 5) is 21.5. The average molecular weight is 197 g/mol. The molecule has 1 aliphatic carbocycles. The number of aldehydes is 1. The predicted molar refractivity (Wildman–Crippen MR) is 51.5 cm³/mol. The van der Waals surface area contributed by atoms with Gasteiger partial charge in [0.05, 0.1) is 5.03 Å². The maximum Gasteiger partial charge on any atom is 0.156 e. The van der Waals surface area contributed by atoms with Gasteiger partial charge in [-0.3, -0.25) is 9.59 Å². The Morgan fingerprint density at radius 1 is 1.62 bits per heavy atom. The molecule has 0 aromatic rings. The lowest BCUT2D eigenvalue weighted by Gasteiger charge is -1.96. The van der Waals surface area contributed by atoms with Gasteiger partial charge in [0, 0.05) is 11.1 Å². The minimum atomic E-state index is -0.0186. The summed E-state index contributed by atoms with van der Waals surface area (Å²) in [6, 6.07) is 0. The molecule has 0 unspecified atom stereocenters. The molecule has 0 aliphatic heterocycles. The van der Waals surface area contributed by atoms with Crippen molar-refractivity contribution in [3.63, 3.8) is 0 Å². The van der Waals surface area contributed by atoms with Crippen molar-refractivity contribution in [1.29, 1.82) is 0 Å². The molecule has 0 saturated heterocycles. The lowest BCUT2D eigenvalue weighted by atomic mass is 10.1. The molecule has 0 N–H and O–H groups in total. The highest BCUT2D eigenvalue weighted by Gasteiger charge is 2.07. The van der Waals surface area contributed by atoms with Gasteiger partial charge in [0.25, 0.3) is 0 Å². The van der Waals surface area contributed by atoms with Gasteiger partial charge in [0.2, 0.25) is 0 Å². The number of allylic oxidation sites excluding steroid dienone is 6. The molecule has 2 nitrogen and oxygen atoms in total. The predicted octanol–water partition coefficient (Wildman–Crippen LogP) is 2.15. The van der Waals surface area contributed by atoms with E-state index < -0.39 is 0 Å². The van der Waals surface area contributed by atoms with Crippen LogP contribution in [0.3, 0.4) is 0 Å². The minimum Gasteiger partial charge on any atom is -0.298 e. The normalized spacial score (nSPS) is 16.6. The van der Waals surface area contributed by atoms with Crippen molar-refractivity contribution in [1.82, 2.24) is 0 Å². The highest BCUT2D eigenvalue weighted by atomic mass is 35.5. The molecule has 1 aliphatic rings. The average Bonchev–Trinajstić information content (AvgIpc) is 2.26. The monoisotopic (exact) mass is 196 g/mol. The zero-order valence-corrected chi connectivity index (χ0v) is 7.97. The van der Waals surface area contributed by atoms with Crippen molar-refractivity contribution in [3.8, 4) is 0 Å². The maximum absolute atomic E-state index is 11.0. The SMILES string of the molecule is CC(=O)C1=CC(Cl)=C(C=O)C=CC1. The third kappa shape index (κ3) is 2.39. The first-order valence-electron chi connectivity index (χ1n) is 3.88. The summed E-state index contributed by atoms with van der Waals surface area (Å²) >= 11 is 5.79. The third-order valence-corrected chi connectivity index (χ3v) is 2.12. The number of hydrogen-bond acceptors (Lipinski definition) is 2. The Balaban J connectivity index is 3.10. The van der Waals surface area contributed by atoms with Crippen molar-refractivity contribution in [2.45, 2.75) is 13.3 Å². The first kappa shape index (κ1) is 9.93. The van der Waals surface area contributed by atoms with Crippen LogP contribution >= 0.6 is 11.6 Å². The zero-order chi connectivity index (χ0) is 9.84. The molecule has 0 heterocycles. The van der Waals surface area contributed by atoms with Gasteiger partial charge in [-0.2, -0.15) is 0 Å². The standard InChI is InChI=1S/C10H9ClO2/c1-7(13)8-3-2-4-9(6-12)10(11)5-8/h2,4-6H,3H2,1H3. The lowest BCUT2D eigenvalue weighted by molar-refractivity contribution is -0.113. The highest BCUT2D eigenvalue weighted by Crippen LogP contribution is 2.19. The Labute approximate surface area is 81.6 Å². The van der Waals surface area contributed by atoms with Crippen molar-refractivity contribution in [2.24, 2.45) is 0 Å². The number of halogens is 1. The molecule has 1 rings (SSSR count). The molecule has 0 saturated carbocycles. The van der Waals surface area contributed by atoms with E-state index in [1.54, 1.807) is 18.2 Å². The first-order valence-corrected chi connectivity index (χ1v) is 4.26. The molecule has 68 valence electrons. The van der Waals surface area contributed by atoms with E-state index in [2.05, 4.69) is 0 Å². The van der Waals surface area contributed by atoms with Crippen molar-refractivity contribution in [3.05, 3.63) is 34.4 Å². The maximum atomic E-state index is 11.0. The molecule has 0 atom stereocenters. The fourth-order valence-corrected chi connectivity index (χ4v) is 1.27. The second-order valence-electron chi connectivity index (χ2n) is 2.75. The van der Waals surface area contributed by atoms with E-state index in [0.29, 0.717) is 28.9 Å². The van der Waals surface area contributed by atoms with Crippen LogP contribution in [0.2, 0.25) is 0 Å². The van der Waals surface area contributed by atoms with Gasteiger partial charge >= 0.3 is 0 Å². The van der Waals surface area contributed by atoms with Gasteiger partial charge in [0.15, 0.2) is 12.1 Å². The summed E-state index contributed by atoms with van der Waals surface area (Å²) in [5.41, 5.74) is 1.04. The Morgan fingerprint density at radius 2 is 2.31 bits per heavy atom. The summed E-state index contributed by atoms with van der Waals surface area (Å²) < 4.78 is 0. The summed E-state index contributed by atoms with van der Waals surface area (Å²) in [7, 11) is 0. The number of rotatable bonds is 2. The smallest absolute Gasteiger partial charge is 0.156 e. The van der Waals surface area contributed by atoms with Crippen LogP contribution in [0.1, 0.15) is 13.3 Å². The number of carbonyl (C=O) groups is 2. The Bertz CT molecular complexity index is 335. The topological polar surface area (TPSA) is 34.1 Å². The van der Waals surface area contributed by atoms with Crippen molar-refractivity contribution < 1.29 is 9.59 Å². The van der Waals surface area contributed by atoms with E-state index in [0.717, 1.165) is 0 Å². The molecule has 0 bridgehead atoms. The quantitative estimate of drug-likeness (QED) is 0.635. The molecule has 13 heavy (non-hydrogen) atoms. The largest absolute Gasteiger partial charge is 0.298 e. The van der Waals surface area contributed by atoms with Crippen LogP contribution in [0.4, 0.5) is 0 Å². The van der Waals surface area contributed by atoms with Crippen LogP contribution in [0.5, 0.6) is 0 Å². The number of carbonyl (C=O) groups excluding carboxylic acids is 2. The number of ketones is 1. The highest BCUT2D eigenvalue weighted by molar-refractivity contribution is 6.33. The van der Waals surface area contributed by atoms with E-state index in [4.69, 9.17) is 11.6 Å². The minimum absolute atomic E-state index is 0.0186. The summed E-state index contributed by atoms with van der Waals surface area (Å²) in [5.74, 6) is -0.0186. The van der Waals surface area contributed by atoms with Gasteiger partial charge < -0.3 is 0 Å². The van der Waals surface area contributed by atoms with Crippen LogP contribution < -0.4 is 0 Å². The van der Waals surface area contributed by atoms with Crippen LogP contribution in [0.15, 0.2) is 34.4 Å². The second-order valence-corrected chi connectivity index (χ2v) is 3.16. The Morgan fingerprint density at radius 3 is 2.85 bits per heavy atom. The molecular weight excluding hydrogens is 188 g/mol. The fraction of sp³-hybridized carbons (Fsp3) is 0.200. The van der Waals surface area contributed by atoms with E-state index in [-0.39, 0.29) is 5.78 Å². The zero-order valence-electron chi connectivity index (χ0n) is 7.21. The molecule has 3 heteroatoms. The van der Waals surface area contributed by atoms with Crippen LogP contribution in [-0.2, 0) is 9.59 Å². The second kappa shape index (κ2) is 4.19. The summed E-state index contributed by atoms with van der Waals surface area (Å²) in [5, 5.41) is 0.328. The third-order valence-electron chi connectivity index (χ3n) is 1.79. The molecule has 0 fully saturated rings. The van der Waals surface area contributed by atoms with Gasteiger partial charge in [-0.15, -0.1) is 0 Å². The van der Waals surface area contributed by atoms with Gasteiger partial charge in [-0.1, -0.05) is 23.8 Å². The molecule has 0 aromatic carbocycles. The Hall–Kier alpha value is -1.15.